The Morgan fingerprint density at radius 1 is 0.906 bits per heavy atom. The maximum Gasteiger partial charge on any atom is 0.248 e. The molecule has 6 nitrogen and oxygen atoms in total. The van der Waals surface area contributed by atoms with E-state index in [2.05, 4.69) is 5.32 Å². The van der Waals surface area contributed by atoms with Crippen LogP contribution in [-0.2, 0) is 10.2 Å². The summed E-state index contributed by atoms with van der Waals surface area (Å²) in [5, 5.41) is 3.09. The number of carbonyl (C=O) groups is 2. The Morgan fingerprint density at radius 2 is 1.66 bits per heavy atom. The second-order valence-corrected chi connectivity index (χ2v) is 8.53. The van der Waals surface area contributed by atoms with Gasteiger partial charge in [0, 0.05) is 11.3 Å². The Bertz CT molecular complexity index is 1260. The molecule has 0 saturated heterocycles. The zero-order valence-electron chi connectivity index (χ0n) is 18.0. The molecule has 3 aromatic carbocycles. The van der Waals surface area contributed by atoms with Gasteiger partial charge < -0.3 is 20.5 Å². The lowest BCUT2D eigenvalue weighted by atomic mass is 9.93. The number of hydrogen-bond donors (Lipinski definition) is 2. The van der Waals surface area contributed by atoms with E-state index in [0.717, 1.165) is 40.7 Å². The zero-order chi connectivity index (χ0) is 22.5. The van der Waals surface area contributed by atoms with Crippen molar-refractivity contribution in [1.82, 2.24) is 0 Å². The molecule has 0 bridgehead atoms. The first-order valence-corrected chi connectivity index (χ1v) is 10.6. The van der Waals surface area contributed by atoms with Gasteiger partial charge in [-0.25, -0.2) is 0 Å². The topological polar surface area (TPSA) is 90.7 Å². The van der Waals surface area contributed by atoms with Crippen molar-refractivity contribution < 1.29 is 19.1 Å². The number of amides is 2. The third-order valence-corrected chi connectivity index (χ3v) is 6.42. The molecular formula is C26H24N2O4. The average molecular weight is 428 g/mol. The molecule has 3 aromatic rings. The minimum absolute atomic E-state index is 0.0344. The van der Waals surface area contributed by atoms with E-state index in [1.807, 2.05) is 62.4 Å². The van der Waals surface area contributed by atoms with Gasteiger partial charge in [0.05, 0.1) is 5.41 Å². The van der Waals surface area contributed by atoms with Crippen molar-refractivity contribution in [3.8, 4) is 22.6 Å². The summed E-state index contributed by atoms with van der Waals surface area (Å²) in [6, 6.07) is 17.2. The fourth-order valence-electron chi connectivity index (χ4n) is 4.28. The Balaban J connectivity index is 1.43. The van der Waals surface area contributed by atoms with Crippen LogP contribution in [0.25, 0.3) is 11.1 Å². The molecule has 0 atom stereocenters. The van der Waals surface area contributed by atoms with Crippen molar-refractivity contribution in [2.45, 2.75) is 32.1 Å². The van der Waals surface area contributed by atoms with Crippen molar-refractivity contribution in [1.29, 1.82) is 0 Å². The number of carbonyl (C=O) groups excluding carboxylic acids is 2. The van der Waals surface area contributed by atoms with Crippen molar-refractivity contribution in [2.24, 2.45) is 5.73 Å². The predicted molar refractivity (Wildman–Crippen MR) is 122 cm³/mol. The Labute approximate surface area is 186 Å². The van der Waals surface area contributed by atoms with Gasteiger partial charge >= 0.3 is 0 Å². The molecule has 0 radical (unpaired) electrons. The molecule has 2 amide bonds. The van der Waals surface area contributed by atoms with Gasteiger partial charge in [0.25, 0.3) is 0 Å². The molecule has 2 aliphatic rings. The van der Waals surface area contributed by atoms with Crippen LogP contribution in [0.4, 0.5) is 5.69 Å². The average Bonchev–Trinajstić information content (AvgIpc) is 3.46. The van der Waals surface area contributed by atoms with E-state index in [-0.39, 0.29) is 12.7 Å². The largest absolute Gasteiger partial charge is 0.454 e. The van der Waals surface area contributed by atoms with Crippen LogP contribution < -0.4 is 20.5 Å². The molecule has 0 spiro atoms. The summed E-state index contributed by atoms with van der Waals surface area (Å²) in [5.74, 6) is 0.907. The quantitative estimate of drug-likeness (QED) is 0.627. The molecule has 0 aromatic heterocycles. The smallest absolute Gasteiger partial charge is 0.248 e. The highest BCUT2D eigenvalue weighted by atomic mass is 16.7. The second-order valence-electron chi connectivity index (χ2n) is 8.53. The number of rotatable bonds is 5. The predicted octanol–water partition coefficient (Wildman–Crippen LogP) is 4.47. The molecule has 1 saturated carbocycles. The summed E-state index contributed by atoms with van der Waals surface area (Å²) in [5.41, 5.74) is 10.8. The molecule has 32 heavy (non-hydrogen) atoms. The van der Waals surface area contributed by atoms with Gasteiger partial charge in [0.1, 0.15) is 0 Å². The van der Waals surface area contributed by atoms with Gasteiger partial charge in [-0.05, 0) is 84.8 Å². The normalized spacial score (nSPS) is 15.3. The minimum Gasteiger partial charge on any atom is -0.454 e. The number of nitrogens with one attached hydrogen (secondary N) is 1. The molecule has 162 valence electrons. The lowest BCUT2D eigenvalue weighted by molar-refractivity contribution is -0.118. The van der Waals surface area contributed by atoms with E-state index in [0.29, 0.717) is 22.7 Å². The summed E-state index contributed by atoms with van der Waals surface area (Å²) in [6.07, 6.45) is 1.58. The van der Waals surface area contributed by atoms with Gasteiger partial charge in [-0.3, -0.25) is 9.59 Å². The fourth-order valence-corrected chi connectivity index (χ4v) is 4.28. The number of aryl methyl sites for hydroxylation is 2. The van der Waals surface area contributed by atoms with E-state index >= 15 is 0 Å². The van der Waals surface area contributed by atoms with Crippen molar-refractivity contribution in [3.05, 3.63) is 76.9 Å². The second kappa shape index (κ2) is 7.41. The van der Waals surface area contributed by atoms with Crippen molar-refractivity contribution in [2.75, 3.05) is 12.1 Å². The highest BCUT2D eigenvalue weighted by Crippen LogP contribution is 2.51. The molecule has 6 heteroatoms. The van der Waals surface area contributed by atoms with Crippen LogP contribution in [0.5, 0.6) is 11.5 Å². The van der Waals surface area contributed by atoms with Gasteiger partial charge in [-0.1, -0.05) is 24.3 Å². The zero-order valence-corrected chi connectivity index (χ0v) is 18.0. The van der Waals surface area contributed by atoms with Gasteiger partial charge in [-0.2, -0.15) is 0 Å². The molecule has 0 unspecified atom stereocenters. The first-order valence-electron chi connectivity index (χ1n) is 10.6. The fraction of sp³-hybridized carbons (Fsp3) is 0.231. The molecule has 3 N–H and O–H groups in total. The van der Waals surface area contributed by atoms with Crippen molar-refractivity contribution >= 4 is 17.5 Å². The molecule has 5 rings (SSSR count). The van der Waals surface area contributed by atoms with Gasteiger partial charge in [-0.15, -0.1) is 0 Å². The molecular weight excluding hydrogens is 404 g/mol. The van der Waals surface area contributed by atoms with Gasteiger partial charge in [0.2, 0.25) is 18.6 Å². The minimum atomic E-state index is -0.547. The summed E-state index contributed by atoms with van der Waals surface area (Å²) < 4.78 is 10.9. The number of anilines is 1. The van der Waals surface area contributed by atoms with Gasteiger partial charge in [0.15, 0.2) is 11.5 Å². The Morgan fingerprint density at radius 3 is 2.41 bits per heavy atom. The monoisotopic (exact) mass is 428 g/mol. The van der Waals surface area contributed by atoms with E-state index in [1.54, 1.807) is 6.07 Å². The molecule has 1 fully saturated rings. The first-order chi connectivity index (χ1) is 15.4. The third kappa shape index (κ3) is 3.38. The number of nitrogens with two attached hydrogens (primary N) is 1. The lowest BCUT2D eigenvalue weighted by Gasteiger charge is -2.17. The van der Waals surface area contributed by atoms with E-state index < -0.39 is 11.3 Å². The van der Waals surface area contributed by atoms with E-state index in [4.69, 9.17) is 15.2 Å². The van der Waals surface area contributed by atoms with E-state index in [1.165, 1.54) is 0 Å². The third-order valence-electron chi connectivity index (χ3n) is 6.42. The number of ether oxygens (including phenoxy) is 2. The van der Waals surface area contributed by atoms with Crippen LogP contribution in [0.3, 0.4) is 0 Å². The van der Waals surface area contributed by atoms with Crippen LogP contribution in [0.1, 0.15) is 39.9 Å². The molecule has 1 heterocycles. The van der Waals surface area contributed by atoms with E-state index in [9.17, 15) is 9.59 Å². The van der Waals surface area contributed by atoms with Crippen LogP contribution in [0, 0.1) is 13.8 Å². The summed E-state index contributed by atoms with van der Waals surface area (Å²) in [6.45, 7) is 4.07. The maximum atomic E-state index is 13.3. The highest BCUT2D eigenvalue weighted by molar-refractivity contribution is 6.02. The van der Waals surface area contributed by atoms with Crippen molar-refractivity contribution in [3.63, 3.8) is 0 Å². The maximum absolute atomic E-state index is 13.3. The Kier molecular flexibility index (Phi) is 4.66. The lowest BCUT2D eigenvalue weighted by Crippen LogP contribution is -2.27. The van der Waals surface area contributed by atoms with Crippen LogP contribution >= 0.6 is 0 Å². The first kappa shape index (κ1) is 20.1. The Hall–Kier alpha value is -3.80. The number of fused-ring (bicyclic) bond motifs is 1. The SMILES string of the molecule is Cc1ccc(-c2cc(NC(=O)C3(c4ccc5c(c4)OCO5)CC3)ccc2C)cc1C(N)=O. The number of primary amides is 1. The summed E-state index contributed by atoms with van der Waals surface area (Å²) in [7, 11) is 0. The molecule has 1 aliphatic heterocycles. The summed E-state index contributed by atoms with van der Waals surface area (Å²) >= 11 is 0. The number of benzene rings is 3. The van der Waals surface area contributed by atoms with Crippen LogP contribution in [0.2, 0.25) is 0 Å². The molecule has 1 aliphatic carbocycles. The standard InChI is InChI=1S/C26H24N2O4/c1-15-4-7-19(13-20(15)17-5-3-16(2)21(11-17)24(27)29)28-25(30)26(9-10-26)18-6-8-22-23(12-18)32-14-31-22/h3-8,11-13H,9-10,14H2,1-2H3,(H2,27,29)(H,28,30). The number of hydrogen-bond acceptors (Lipinski definition) is 4. The highest BCUT2D eigenvalue weighted by Gasteiger charge is 2.51. The summed E-state index contributed by atoms with van der Waals surface area (Å²) in [4.78, 5) is 25.0. The van der Waals surface area contributed by atoms with Crippen LogP contribution in [-0.4, -0.2) is 18.6 Å². The van der Waals surface area contributed by atoms with Crippen LogP contribution in [0.15, 0.2) is 54.6 Å².